The van der Waals surface area contributed by atoms with Gasteiger partial charge in [-0.25, -0.2) is 10.4 Å². The Labute approximate surface area is 134 Å². The van der Waals surface area contributed by atoms with Gasteiger partial charge in [-0.2, -0.15) is 5.10 Å². The molecule has 1 aliphatic rings. The van der Waals surface area contributed by atoms with Gasteiger partial charge in [0.2, 0.25) is 5.95 Å². The first-order valence-corrected chi connectivity index (χ1v) is 7.97. The molecule has 1 aromatic carbocycles. The van der Waals surface area contributed by atoms with Gasteiger partial charge in [0.15, 0.2) is 5.88 Å². The van der Waals surface area contributed by atoms with Gasteiger partial charge < -0.3 is 14.3 Å². The number of hydrogen-bond donors (Lipinski definition) is 2. The van der Waals surface area contributed by atoms with Gasteiger partial charge in [0.1, 0.15) is 5.76 Å². The number of piperidine rings is 1. The molecule has 23 heavy (non-hydrogen) atoms. The summed E-state index contributed by atoms with van der Waals surface area (Å²) in [5.41, 5.74) is 4.80. The number of para-hydroxylation sites is 2. The van der Waals surface area contributed by atoms with Gasteiger partial charge in [0.25, 0.3) is 0 Å². The summed E-state index contributed by atoms with van der Waals surface area (Å²) >= 11 is 0. The lowest BCUT2D eigenvalue weighted by molar-refractivity contribution is 0.497. The highest BCUT2D eigenvalue weighted by Gasteiger charge is 2.13. The first-order valence-electron chi connectivity index (χ1n) is 7.97. The van der Waals surface area contributed by atoms with E-state index in [0.29, 0.717) is 5.95 Å². The Hall–Kier alpha value is -2.76. The first kappa shape index (κ1) is 13.9. The van der Waals surface area contributed by atoms with Crippen LogP contribution in [0.2, 0.25) is 0 Å². The van der Waals surface area contributed by atoms with Crippen molar-refractivity contribution in [2.45, 2.75) is 19.3 Å². The number of benzene rings is 1. The third kappa shape index (κ3) is 3.06. The standard InChI is InChI=1S/C17H19N5O/c1-4-10-22(11-5-1)16-9-8-13(23-16)12-18-21-17-19-14-6-2-3-7-15(14)20-17/h2-3,6-9,12H,1,4-5,10-11H2,(H2,19,20,21)/b18-12-. The van der Waals surface area contributed by atoms with E-state index in [4.69, 9.17) is 4.42 Å². The van der Waals surface area contributed by atoms with Crippen molar-refractivity contribution >= 4 is 29.1 Å². The molecule has 1 fully saturated rings. The van der Waals surface area contributed by atoms with E-state index in [2.05, 4.69) is 25.4 Å². The fourth-order valence-corrected chi connectivity index (χ4v) is 2.86. The molecule has 2 aromatic heterocycles. The Morgan fingerprint density at radius 1 is 1.13 bits per heavy atom. The lowest BCUT2D eigenvalue weighted by atomic mass is 10.1. The maximum atomic E-state index is 5.83. The van der Waals surface area contributed by atoms with Crippen molar-refractivity contribution in [2.24, 2.45) is 5.10 Å². The quantitative estimate of drug-likeness (QED) is 0.571. The van der Waals surface area contributed by atoms with Crippen LogP contribution in [0.3, 0.4) is 0 Å². The molecule has 1 saturated heterocycles. The first-order chi connectivity index (χ1) is 11.4. The van der Waals surface area contributed by atoms with E-state index in [9.17, 15) is 0 Å². The lowest BCUT2D eigenvalue weighted by Crippen LogP contribution is -2.28. The van der Waals surface area contributed by atoms with Crippen molar-refractivity contribution in [3.05, 3.63) is 42.2 Å². The SMILES string of the molecule is C(=N/Nc1nc2ccccc2[nH]1)/c1ccc(N2CCCCC2)o1. The molecule has 118 valence electrons. The van der Waals surface area contributed by atoms with Gasteiger partial charge in [-0.15, -0.1) is 0 Å². The van der Waals surface area contributed by atoms with Gasteiger partial charge in [-0.1, -0.05) is 12.1 Å². The maximum Gasteiger partial charge on any atom is 0.222 e. The number of furan rings is 1. The normalized spacial score (nSPS) is 15.6. The predicted molar refractivity (Wildman–Crippen MR) is 92.1 cm³/mol. The van der Waals surface area contributed by atoms with Crippen LogP contribution in [-0.2, 0) is 0 Å². The number of rotatable bonds is 4. The summed E-state index contributed by atoms with van der Waals surface area (Å²) in [4.78, 5) is 9.85. The fraction of sp³-hybridized carbons (Fsp3) is 0.294. The molecule has 6 nitrogen and oxygen atoms in total. The predicted octanol–water partition coefficient (Wildman–Crippen LogP) is 3.59. The molecule has 0 radical (unpaired) electrons. The molecule has 6 heteroatoms. The number of nitrogens with one attached hydrogen (secondary N) is 2. The maximum absolute atomic E-state index is 5.83. The molecule has 3 aromatic rings. The van der Waals surface area contributed by atoms with E-state index in [1.54, 1.807) is 6.21 Å². The molecule has 3 heterocycles. The topological polar surface area (TPSA) is 69.5 Å². The van der Waals surface area contributed by atoms with E-state index >= 15 is 0 Å². The van der Waals surface area contributed by atoms with Crippen molar-refractivity contribution < 1.29 is 4.42 Å². The second-order valence-corrected chi connectivity index (χ2v) is 5.70. The van der Waals surface area contributed by atoms with Gasteiger partial charge in [-0.05, 0) is 37.5 Å². The molecule has 4 rings (SSSR count). The van der Waals surface area contributed by atoms with Crippen molar-refractivity contribution in [1.29, 1.82) is 0 Å². The summed E-state index contributed by atoms with van der Waals surface area (Å²) in [5, 5.41) is 4.18. The minimum absolute atomic E-state index is 0.616. The molecule has 0 aliphatic carbocycles. The Bertz CT molecular complexity index is 780. The van der Waals surface area contributed by atoms with Crippen molar-refractivity contribution in [1.82, 2.24) is 9.97 Å². The number of imidazole rings is 1. The van der Waals surface area contributed by atoms with Crippen molar-refractivity contribution in [2.75, 3.05) is 23.4 Å². The summed E-state index contributed by atoms with van der Waals surface area (Å²) < 4.78 is 5.83. The third-order valence-corrected chi connectivity index (χ3v) is 4.03. The zero-order chi connectivity index (χ0) is 15.5. The molecular formula is C17H19N5O. The van der Waals surface area contributed by atoms with E-state index < -0.39 is 0 Å². The molecule has 1 aliphatic heterocycles. The highest BCUT2D eigenvalue weighted by Crippen LogP contribution is 2.21. The summed E-state index contributed by atoms with van der Waals surface area (Å²) in [7, 11) is 0. The molecule has 0 bridgehead atoms. The van der Waals surface area contributed by atoms with Crippen LogP contribution in [0.4, 0.5) is 11.8 Å². The minimum Gasteiger partial charge on any atom is -0.440 e. The summed E-state index contributed by atoms with van der Waals surface area (Å²) in [6, 6.07) is 11.8. The number of aromatic amines is 1. The third-order valence-electron chi connectivity index (χ3n) is 4.03. The van der Waals surface area contributed by atoms with Gasteiger partial charge in [-0.3, -0.25) is 0 Å². The number of nitrogens with zero attached hydrogens (tertiary/aromatic N) is 3. The minimum atomic E-state index is 0.616. The number of H-pyrrole nitrogens is 1. The van der Waals surface area contributed by atoms with Gasteiger partial charge >= 0.3 is 0 Å². The van der Waals surface area contributed by atoms with Crippen LogP contribution in [0, 0.1) is 0 Å². The summed E-state index contributed by atoms with van der Waals surface area (Å²) in [5.74, 6) is 2.27. The Kier molecular flexibility index (Phi) is 3.71. The number of hydrogen-bond acceptors (Lipinski definition) is 5. The molecule has 0 spiro atoms. The van der Waals surface area contributed by atoms with Crippen molar-refractivity contribution in [3.8, 4) is 0 Å². The van der Waals surface area contributed by atoms with Crippen molar-refractivity contribution in [3.63, 3.8) is 0 Å². The average molecular weight is 309 g/mol. The number of fused-ring (bicyclic) bond motifs is 1. The van der Waals surface area contributed by atoms with E-state index in [1.807, 2.05) is 36.4 Å². The largest absolute Gasteiger partial charge is 0.440 e. The van der Waals surface area contributed by atoms with Gasteiger partial charge in [0, 0.05) is 19.2 Å². The van der Waals surface area contributed by atoms with Crippen LogP contribution < -0.4 is 10.3 Å². The molecule has 0 unspecified atom stereocenters. The molecular weight excluding hydrogens is 290 g/mol. The molecule has 2 N–H and O–H groups in total. The summed E-state index contributed by atoms with van der Waals surface area (Å²) in [6.45, 7) is 2.14. The smallest absolute Gasteiger partial charge is 0.222 e. The zero-order valence-corrected chi connectivity index (χ0v) is 12.8. The molecule has 0 atom stereocenters. The van der Waals surface area contributed by atoms with Crippen LogP contribution in [0.5, 0.6) is 0 Å². The molecule has 0 amide bonds. The Morgan fingerprint density at radius 2 is 2.00 bits per heavy atom. The lowest BCUT2D eigenvalue weighted by Gasteiger charge is -2.25. The fourth-order valence-electron chi connectivity index (χ4n) is 2.86. The zero-order valence-electron chi connectivity index (χ0n) is 12.8. The Balaban J connectivity index is 1.41. The Morgan fingerprint density at radius 3 is 2.87 bits per heavy atom. The highest BCUT2D eigenvalue weighted by molar-refractivity contribution is 5.79. The summed E-state index contributed by atoms with van der Waals surface area (Å²) in [6.07, 6.45) is 5.45. The number of anilines is 2. The van der Waals surface area contributed by atoms with E-state index in [0.717, 1.165) is 35.8 Å². The monoisotopic (exact) mass is 309 g/mol. The second kappa shape index (κ2) is 6.16. The average Bonchev–Trinajstić information content (AvgIpc) is 3.22. The second-order valence-electron chi connectivity index (χ2n) is 5.70. The van der Waals surface area contributed by atoms with Gasteiger partial charge in [0.05, 0.1) is 17.2 Å². The number of aromatic nitrogens is 2. The van der Waals surface area contributed by atoms with Crippen LogP contribution in [0.25, 0.3) is 11.0 Å². The van der Waals surface area contributed by atoms with E-state index in [-0.39, 0.29) is 0 Å². The van der Waals surface area contributed by atoms with Crippen LogP contribution in [0.15, 0.2) is 45.9 Å². The van der Waals surface area contributed by atoms with Crippen LogP contribution in [0.1, 0.15) is 25.0 Å². The molecule has 0 saturated carbocycles. The van der Waals surface area contributed by atoms with Crippen LogP contribution >= 0.6 is 0 Å². The highest BCUT2D eigenvalue weighted by atomic mass is 16.4. The number of hydrazone groups is 1. The van der Waals surface area contributed by atoms with Crippen LogP contribution in [-0.4, -0.2) is 29.3 Å². The van der Waals surface area contributed by atoms with E-state index in [1.165, 1.54) is 19.3 Å².